The molecule has 2 aromatic rings. The molecule has 1 unspecified atom stereocenters. The number of nitrogens with one attached hydrogen (secondary N) is 1. The van der Waals surface area contributed by atoms with Gasteiger partial charge in [0, 0.05) is 31.2 Å². The number of alkyl halides is 1. The minimum absolute atomic E-state index is 0.465. The number of halogens is 1. The molecule has 108 valence electrons. The number of nitrogens with zero attached hydrogens (tertiary/aromatic N) is 2. The maximum absolute atomic E-state index is 5.78. The Morgan fingerprint density at radius 3 is 2.50 bits per heavy atom. The van der Waals surface area contributed by atoms with Gasteiger partial charge in [0.05, 0.1) is 5.69 Å². The van der Waals surface area contributed by atoms with Crippen LogP contribution in [-0.4, -0.2) is 9.78 Å². The van der Waals surface area contributed by atoms with Crippen LogP contribution in [0.4, 0.5) is 0 Å². The number of benzene rings is 1. The second kappa shape index (κ2) is 7.46. The summed E-state index contributed by atoms with van der Waals surface area (Å²) < 4.78 is 2.03. The van der Waals surface area contributed by atoms with Crippen molar-refractivity contribution in [3.05, 3.63) is 53.3 Å². The molecule has 0 saturated heterocycles. The van der Waals surface area contributed by atoms with Crippen LogP contribution in [0.3, 0.4) is 0 Å². The Morgan fingerprint density at radius 2 is 1.85 bits per heavy atom. The quantitative estimate of drug-likeness (QED) is 0.785. The van der Waals surface area contributed by atoms with Crippen molar-refractivity contribution in [2.24, 2.45) is 0 Å². The van der Waals surface area contributed by atoms with Gasteiger partial charge in [-0.05, 0) is 30.5 Å². The Balaban J connectivity index is 1.81. The molecule has 20 heavy (non-hydrogen) atoms. The highest BCUT2D eigenvalue weighted by atomic mass is 35.5. The van der Waals surface area contributed by atoms with Gasteiger partial charge in [-0.3, -0.25) is 4.68 Å². The van der Waals surface area contributed by atoms with Gasteiger partial charge < -0.3 is 5.32 Å². The van der Waals surface area contributed by atoms with E-state index in [1.165, 1.54) is 5.56 Å². The Morgan fingerprint density at radius 1 is 1.15 bits per heavy atom. The van der Waals surface area contributed by atoms with E-state index in [2.05, 4.69) is 60.8 Å². The van der Waals surface area contributed by atoms with Crippen molar-refractivity contribution in [1.82, 2.24) is 15.1 Å². The molecule has 4 heteroatoms. The zero-order valence-electron chi connectivity index (χ0n) is 12.1. The highest BCUT2D eigenvalue weighted by Crippen LogP contribution is 2.10. The summed E-state index contributed by atoms with van der Waals surface area (Å²) in [7, 11) is 0. The van der Waals surface area contributed by atoms with Gasteiger partial charge in [0.15, 0.2) is 0 Å². The predicted molar refractivity (Wildman–Crippen MR) is 83.8 cm³/mol. The molecule has 1 atom stereocenters. The summed E-state index contributed by atoms with van der Waals surface area (Å²) in [6.45, 7) is 6.00. The van der Waals surface area contributed by atoms with Crippen LogP contribution in [0.15, 0.2) is 36.5 Å². The number of hydrogen-bond acceptors (Lipinski definition) is 2. The lowest BCUT2D eigenvalue weighted by molar-refractivity contribution is 0.471. The zero-order chi connectivity index (χ0) is 14.4. The first kappa shape index (κ1) is 15.1. The maximum atomic E-state index is 5.78. The van der Waals surface area contributed by atoms with E-state index in [9.17, 15) is 0 Å². The molecule has 0 fully saturated rings. The topological polar surface area (TPSA) is 29.9 Å². The minimum Gasteiger partial charge on any atom is -0.307 e. The van der Waals surface area contributed by atoms with Crippen molar-refractivity contribution in [3.63, 3.8) is 0 Å². The molecule has 0 radical (unpaired) electrons. The Hall–Kier alpha value is -1.32. The van der Waals surface area contributed by atoms with Crippen molar-refractivity contribution < 1.29 is 0 Å². The number of aromatic nitrogens is 2. The normalized spacial score (nSPS) is 12.6. The van der Waals surface area contributed by atoms with E-state index in [1.54, 1.807) is 0 Å². The summed E-state index contributed by atoms with van der Waals surface area (Å²) in [5.74, 6) is 0.570. The molecule has 0 aliphatic carbocycles. The van der Waals surface area contributed by atoms with E-state index in [0.717, 1.165) is 30.8 Å². The van der Waals surface area contributed by atoms with Crippen LogP contribution < -0.4 is 5.32 Å². The van der Waals surface area contributed by atoms with Crippen LogP contribution in [0.1, 0.15) is 43.1 Å². The van der Waals surface area contributed by atoms with Crippen LogP contribution >= 0.6 is 11.6 Å². The number of rotatable bonds is 7. The Kier molecular flexibility index (Phi) is 5.62. The predicted octanol–water partition coefficient (Wildman–Crippen LogP) is 3.88. The third kappa shape index (κ3) is 4.09. The van der Waals surface area contributed by atoms with E-state index >= 15 is 0 Å². The summed E-state index contributed by atoms with van der Waals surface area (Å²) in [4.78, 5) is 0. The molecule has 1 aromatic carbocycles. The fourth-order valence-corrected chi connectivity index (χ4v) is 2.16. The Bertz CT molecular complexity index is 519. The van der Waals surface area contributed by atoms with Gasteiger partial charge in [0.25, 0.3) is 0 Å². The molecule has 2 rings (SSSR count). The van der Waals surface area contributed by atoms with E-state index in [1.807, 2.05) is 4.68 Å². The molecule has 0 amide bonds. The van der Waals surface area contributed by atoms with Crippen molar-refractivity contribution >= 4 is 11.6 Å². The van der Waals surface area contributed by atoms with Crippen LogP contribution in [-0.2, 0) is 19.0 Å². The first-order chi connectivity index (χ1) is 9.72. The highest BCUT2D eigenvalue weighted by Gasteiger charge is 2.04. The van der Waals surface area contributed by atoms with Crippen LogP contribution in [0.2, 0.25) is 0 Å². The van der Waals surface area contributed by atoms with Gasteiger partial charge in [0.2, 0.25) is 0 Å². The first-order valence-electron chi connectivity index (χ1n) is 7.11. The molecular formula is C16H22ClN3. The van der Waals surface area contributed by atoms with Crippen LogP contribution in [0, 0.1) is 0 Å². The van der Waals surface area contributed by atoms with E-state index in [0.29, 0.717) is 11.9 Å². The van der Waals surface area contributed by atoms with Gasteiger partial charge in [-0.2, -0.15) is 5.10 Å². The summed E-state index contributed by atoms with van der Waals surface area (Å²) in [5.41, 5.74) is 3.51. The SMILES string of the molecule is CCC(C)n1ccc(CNCc2ccc(CCl)cc2)n1. The molecule has 1 aromatic heterocycles. The lowest BCUT2D eigenvalue weighted by atomic mass is 10.1. The van der Waals surface area contributed by atoms with Crippen LogP contribution in [0.25, 0.3) is 0 Å². The summed E-state index contributed by atoms with van der Waals surface area (Å²) >= 11 is 5.78. The van der Waals surface area contributed by atoms with Crippen molar-refractivity contribution in [1.29, 1.82) is 0 Å². The standard InChI is InChI=1S/C16H22ClN3/c1-3-13(2)20-9-8-16(19-20)12-18-11-15-6-4-14(10-17)5-7-15/h4-9,13,18H,3,10-12H2,1-2H3. The third-order valence-electron chi connectivity index (χ3n) is 3.52. The van der Waals surface area contributed by atoms with Crippen molar-refractivity contribution in [3.8, 4) is 0 Å². The van der Waals surface area contributed by atoms with Gasteiger partial charge in [-0.15, -0.1) is 11.6 Å². The molecule has 0 spiro atoms. The van der Waals surface area contributed by atoms with Gasteiger partial charge in [-0.1, -0.05) is 31.2 Å². The summed E-state index contributed by atoms with van der Waals surface area (Å²) in [5, 5.41) is 7.99. The largest absolute Gasteiger partial charge is 0.307 e. The van der Waals surface area contributed by atoms with Gasteiger partial charge in [-0.25, -0.2) is 0 Å². The first-order valence-corrected chi connectivity index (χ1v) is 7.65. The third-order valence-corrected chi connectivity index (χ3v) is 3.83. The van der Waals surface area contributed by atoms with E-state index in [4.69, 9.17) is 11.6 Å². The average molecular weight is 292 g/mol. The Labute approximate surface area is 126 Å². The molecule has 0 aliphatic heterocycles. The fraction of sp³-hybridized carbons (Fsp3) is 0.438. The second-order valence-corrected chi connectivity index (χ2v) is 5.37. The lowest BCUT2D eigenvalue weighted by Gasteiger charge is -2.08. The molecule has 0 aliphatic rings. The molecule has 0 saturated carbocycles. The fourth-order valence-electron chi connectivity index (χ4n) is 1.99. The van der Waals surface area contributed by atoms with E-state index in [-0.39, 0.29) is 0 Å². The zero-order valence-corrected chi connectivity index (χ0v) is 12.9. The molecule has 1 N–H and O–H groups in total. The monoisotopic (exact) mass is 291 g/mol. The molecule has 1 heterocycles. The van der Waals surface area contributed by atoms with Crippen LogP contribution in [0.5, 0.6) is 0 Å². The minimum atomic E-state index is 0.465. The van der Waals surface area contributed by atoms with E-state index < -0.39 is 0 Å². The summed E-state index contributed by atoms with van der Waals surface area (Å²) in [6.07, 6.45) is 3.15. The number of hydrogen-bond donors (Lipinski definition) is 1. The highest BCUT2D eigenvalue weighted by molar-refractivity contribution is 6.17. The second-order valence-electron chi connectivity index (χ2n) is 5.10. The molecule has 3 nitrogen and oxygen atoms in total. The van der Waals surface area contributed by atoms with Crippen molar-refractivity contribution in [2.45, 2.75) is 45.3 Å². The van der Waals surface area contributed by atoms with Crippen molar-refractivity contribution in [2.75, 3.05) is 0 Å². The molecular weight excluding hydrogens is 270 g/mol. The maximum Gasteiger partial charge on any atom is 0.0762 e. The van der Waals surface area contributed by atoms with Gasteiger partial charge >= 0.3 is 0 Å². The smallest absolute Gasteiger partial charge is 0.0762 e. The average Bonchev–Trinajstić information content (AvgIpc) is 2.96. The van der Waals surface area contributed by atoms with Gasteiger partial charge in [0.1, 0.15) is 0 Å². The summed E-state index contributed by atoms with van der Waals surface area (Å²) in [6, 6.07) is 10.9. The molecule has 0 bridgehead atoms. The lowest BCUT2D eigenvalue weighted by Crippen LogP contribution is -2.14.